The van der Waals surface area contributed by atoms with E-state index >= 15 is 0 Å². The molecule has 3 aromatic rings. The van der Waals surface area contributed by atoms with E-state index in [1.54, 1.807) is 24.5 Å². The first kappa shape index (κ1) is 15.4. The fraction of sp³-hybridized carbons (Fsp3) is 0.0588. The van der Waals surface area contributed by atoms with Crippen LogP contribution in [0.2, 0.25) is 0 Å². The Kier molecular flexibility index (Phi) is 4.07. The molecule has 0 unspecified atom stereocenters. The van der Waals surface area contributed by atoms with Gasteiger partial charge in [-0.15, -0.1) is 0 Å². The van der Waals surface area contributed by atoms with Crippen LogP contribution in [0.25, 0.3) is 23.2 Å². The van der Waals surface area contributed by atoms with Crippen molar-refractivity contribution in [3.05, 3.63) is 58.5 Å². The second-order valence-electron chi connectivity index (χ2n) is 5.10. The molecular weight excluding hydrogens is 304 g/mol. The quantitative estimate of drug-likeness (QED) is 0.637. The summed E-state index contributed by atoms with van der Waals surface area (Å²) in [5, 5.41) is 8.59. The van der Waals surface area contributed by atoms with E-state index in [1.807, 2.05) is 31.2 Å². The Morgan fingerprint density at radius 2 is 2.21 bits per heavy atom. The minimum Gasteiger partial charge on any atom is -0.396 e. The van der Waals surface area contributed by atoms with Gasteiger partial charge in [0.1, 0.15) is 0 Å². The molecule has 3 rings (SSSR count). The predicted molar refractivity (Wildman–Crippen MR) is 93.2 cm³/mol. The number of nitrogens with zero attached hydrogens (tertiary/aromatic N) is 3. The molecule has 0 atom stereocenters. The van der Waals surface area contributed by atoms with Gasteiger partial charge in [-0.2, -0.15) is 5.10 Å². The third-order valence-corrected chi connectivity index (χ3v) is 3.51. The SMILES string of the molecule is C/C=C/C=c1/[nH]nc/c1=C\c1c(N)c(C(N)=O)nc2cccnc12. The number of primary amides is 1. The van der Waals surface area contributed by atoms with Crippen molar-refractivity contribution >= 4 is 34.8 Å². The second-order valence-corrected chi connectivity index (χ2v) is 5.10. The lowest BCUT2D eigenvalue weighted by Gasteiger charge is -2.08. The molecular formula is C17H16N6O. The van der Waals surface area contributed by atoms with Gasteiger partial charge in [0.25, 0.3) is 5.91 Å². The highest BCUT2D eigenvalue weighted by atomic mass is 16.1. The molecule has 0 spiro atoms. The summed E-state index contributed by atoms with van der Waals surface area (Å²) >= 11 is 0. The number of rotatable bonds is 3. The molecule has 0 bridgehead atoms. The van der Waals surface area contributed by atoms with Crippen molar-refractivity contribution in [3.63, 3.8) is 0 Å². The lowest BCUT2D eigenvalue weighted by Crippen LogP contribution is -2.23. The van der Waals surface area contributed by atoms with E-state index in [9.17, 15) is 4.79 Å². The Bertz CT molecular complexity index is 1060. The number of nitrogens with two attached hydrogens (primary N) is 2. The van der Waals surface area contributed by atoms with Crippen molar-refractivity contribution in [3.8, 4) is 0 Å². The molecule has 120 valence electrons. The first-order chi connectivity index (χ1) is 11.6. The molecule has 0 aliphatic carbocycles. The number of allylic oxidation sites excluding steroid dienone is 2. The highest BCUT2D eigenvalue weighted by Gasteiger charge is 2.15. The Morgan fingerprint density at radius 1 is 1.38 bits per heavy atom. The van der Waals surface area contributed by atoms with Crippen molar-refractivity contribution < 1.29 is 4.79 Å². The van der Waals surface area contributed by atoms with Crippen LogP contribution in [0.1, 0.15) is 23.0 Å². The molecule has 0 fully saturated rings. The number of aromatic amines is 1. The summed E-state index contributed by atoms with van der Waals surface area (Å²) < 4.78 is 0. The maximum Gasteiger partial charge on any atom is 0.269 e. The number of carbonyl (C=O) groups excluding carboxylic acids is 1. The normalized spacial score (nSPS) is 13.2. The van der Waals surface area contributed by atoms with Gasteiger partial charge in [0.15, 0.2) is 5.69 Å². The van der Waals surface area contributed by atoms with Gasteiger partial charge in [-0.3, -0.25) is 14.9 Å². The van der Waals surface area contributed by atoms with Gasteiger partial charge in [0.05, 0.1) is 28.3 Å². The average Bonchev–Trinajstić information content (AvgIpc) is 3.02. The first-order valence-electron chi connectivity index (χ1n) is 7.30. The monoisotopic (exact) mass is 320 g/mol. The molecule has 24 heavy (non-hydrogen) atoms. The molecule has 0 saturated carbocycles. The minimum absolute atomic E-state index is 0.0317. The highest BCUT2D eigenvalue weighted by Crippen LogP contribution is 2.24. The molecule has 0 saturated heterocycles. The van der Waals surface area contributed by atoms with Gasteiger partial charge >= 0.3 is 0 Å². The number of hydrogen-bond donors (Lipinski definition) is 3. The molecule has 1 amide bonds. The van der Waals surface area contributed by atoms with Crippen LogP contribution in [0.3, 0.4) is 0 Å². The van der Waals surface area contributed by atoms with Crippen LogP contribution in [-0.4, -0.2) is 26.1 Å². The van der Waals surface area contributed by atoms with Gasteiger partial charge in [-0.1, -0.05) is 12.2 Å². The standard InChI is InChI=1S/C17H16N6O/c1-2-3-5-12-10(9-21-23-12)8-11-14(18)16(17(19)24)22-13-6-4-7-20-15(11)13/h2-9,23H,18H2,1H3,(H2,19,24)/b3-2+,10-8+,12-5+. The Morgan fingerprint density at radius 3 is 2.96 bits per heavy atom. The van der Waals surface area contributed by atoms with Crippen molar-refractivity contribution in [1.82, 2.24) is 20.2 Å². The molecule has 0 aromatic carbocycles. The van der Waals surface area contributed by atoms with Crippen LogP contribution < -0.4 is 22.0 Å². The van der Waals surface area contributed by atoms with Crippen molar-refractivity contribution in [2.24, 2.45) is 5.73 Å². The number of fused-ring (bicyclic) bond motifs is 1. The zero-order valence-electron chi connectivity index (χ0n) is 13.0. The third-order valence-electron chi connectivity index (χ3n) is 3.51. The number of nitrogen functional groups attached to an aromatic ring is 1. The Balaban J connectivity index is 2.38. The summed E-state index contributed by atoms with van der Waals surface area (Å²) in [5.41, 5.74) is 13.5. The third kappa shape index (κ3) is 2.74. The Labute approximate surface area is 137 Å². The molecule has 7 heteroatoms. The molecule has 0 aliphatic heterocycles. The fourth-order valence-corrected chi connectivity index (χ4v) is 2.37. The maximum absolute atomic E-state index is 11.6. The number of nitrogens with one attached hydrogen (secondary N) is 1. The van der Waals surface area contributed by atoms with E-state index in [4.69, 9.17) is 11.5 Å². The molecule has 3 heterocycles. The van der Waals surface area contributed by atoms with Gasteiger partial charge in [-0.05, 0) is 31.2 Å². The molecule has 3 aromatic heterocycles. The van der Waals surface area contributed by atoms with Crippen molar-refractivity contribution in [2.75, 3.05) is 5.73 Å². The van der Waals surface area contributed by atoms with E-state index in [0.717, 1.165) is 10.6 Å². The topological polar surface area (TPSA) is 124 Å². The zero-order valence-corrected chi connectivity index (χ0v) is 13.0. The van der Waals surface area contributed by atoms with Crippen LogP contribution in [0, 0.1) is 0 Å². The van der Waals surface area contributed by atoms with E-state index in [0.29, 0.717) is 16.6 Å². The number of amides is 1. The first-order valence-corrected chi connectivity index (χ1v) is 7.30. The molecule has 0 radical (unpaired) electrons. The van der Waals surface area contributed by atoms with Crippen molar-refractivity contribution in [2.45, 2.75) is 6.92 Å². The van der Waals surface area contributed by atoms with E-state index in [2.05, 4.69) is 20.2 Å². The highest BCUT2D eigenvalue weighted by molar-refractivity contribution is 6.02. The number of pyridine rings is 2. The number of anilines is 1. The molecule has 5 N–H and O–H groups in total. The summed E-state index contributed by atoms with van der Waals surface area (Å²) in [7, 11) is 0. The van der Waals surface area contributed by atoms with Gasteiger partial charge in [-0.25, -0.2) is 4.98 Å². The summed E-state index contributed by atoms with van der Waals surface area (Å²) in [4.78, 5) is 20.2. The van der Waals surface area contributed by atoms with Crippen LogP contribution in [-0.2, 0) is 0 Å². The van der Waals surface area contributed by atoms with E-state index < -0.39 is 5.91 Å². The minimum atomic E-state index is -0.680. The van der Waals surface area contributed by atoms with Gasteiger partial charge in [0.2, 0.25) is 0 Å². The van der Waals surface area contributed by atoms with Crippen LogP contribution in [0.4, 0.5) is 5.69 Å². The Hall–Kier alpha value is -3.48. The van der Waals surface area contributed by atoms with Gasteiger partial charge in [0, 0.05) is 17.0 Å². The van der Waals surface area contributed by atoms with Crippen molar-refractivity contribution in [1.29, 1.82) is 0 Å². The average molecular weight is 320 g/mol. The number of hydrogen-bond acceptors (Lipinski definition) is 5. The second kappa shape index (κ2) is 6.33. The summed E-state index contributed by atoms with van der Waals surface area (Å²) in [6, 6.07) is 3.50. The van der Waals surface area contributed by atoms with Crippen LogP contribution in [0.15, 0.2) is 36.7 Å². The lowest BCUT2D eigenvalue weighted by atomic mass is 10.1. The number of carbonyl (C=O) groups is 1. The molecule has 0 aliphatic rings. The smallest absolute Gasteiger partial charge is 0.269 e. The number of aromatic nitrogens is 4. The van der Waals surface area contributed by atoms with Crippen LogP contribution >= 0.6 is 0 Å². The van der Waals surface area contributed by atoms with Crippen LogP contribution in [0.5, 0.6) is 0 Å². The summed E-state index contributed by atoms with van der Waals surface area (Å²) in [5.74, 6) is -0.680. The largest absolute Gasteiger partial charge is 0.396 e. The predicted octanol–water partition coefficient (Wildman–Crippen LogP) is 0.219. The lowest BCUT2D eigenvalue weighted by molar-refractivity contribution is 0.0997. The molecule has 7 nitrogen and oxygen atoms in total. The summed E-state index contributed by atoms with van der Waals surface area (Å²) in [6.45, 7) is 1.92. The number of H-pyrrole nitrogens is 1. The maximum atomic E-state index is 11.6. The van der Waals surface area contributed by atoms with Gasteiger partial charge < -0.3 is 11.5 Å². The summed E-state index contributed by atoms with van der Waals surface area (Å²) in [6.07, 6.45) is 10.8. The van der Waals surface area contributed by atoms with E-state index in [-0.39, 0.29) is 11.4 Å². The fourth-order valence-electron chi connectivity index (χ4n) is 2.37. The zero-order chi connectivity index (χ0) is 17.1. The van der Waals surface area contributed by atoms with E-state index in [1.165, 1.54) is 0 Å².